The number of allylic oxidation sites excluding steroid dienone is 2. The Labute approximate surface area is 157 Å². The van der Waals surface area contributed by atoms with Gasteiger partial charge in [-0.3, -0.25) is 0 Å². The van der Waals surface area contributed by atoms with Gasteiger partial charge in [-0.05, 0) is 53.4 Å². The van der Waals surface area contributed by atoms with Gasteiger partial charge in [-0.25, -0.2) is 0 Å². The average molecular weight is 373 g/mol. The van der Waals surface area contributed by atoms with Crippen molar-refractivity contribution in [2.45, 2.75) is 37.6 Å². The topological polar surface area (TPSA) is 43.1 Å². The van der Waals surface area contributed by atoms with Gasteiger partial charge in [0.1, 0.15) is 6.33 Å². The van der Waals surface area contributed by atoms with E-state index in [0.29, 0.717) is 11.3 Å². The lowest BCUT2D eigenvalue weighted by atomic mass is 9.49. The molecule has 2 aromatic rings. The molecule has 2 unspecified atom stereocenters. The number of fused-ring (bicyclic) bond motifs is 1. The van der Waals surface area contributed by atoms with Crippen molar-refractivity contribution in [2.75, 3.05) is 0 Å². The number of aromatic nitrogens is 3. The molecule has 0 radical (unpaired) electrons. The van der Waals surface area contributed by atoms with Crippen molar-refractivity contribution in [3.8, 4) is 0 Å². The molecule has 130 valence electrons. The molecule has 1 aromatic heterocycles. The molecule has 1 aromatic carbocycles. The standard InChI is InChI=1S/C19H21ClN4S/c1-19(2)15-6-5-14(17(19)9-15)10-22-24-12-21-23-18(24)25-11-13-3-7-16(20)8-4-13/h3-5,7-8,10,12,15,17H,6,9,11H2,1-2H3/b22-10+. The Morgan fingerprint density at radius 3 is 2.88 bits per heavy atom. The van der Waals surface area contributed by atoms with E-state index < -0.39 is 0 Å². The molecule has 3 aliphatic rings. The summed E-state index contributed by atoms with van der Waals surface area (Å²) in [6.45, 7) is 4.75. The summed E-state index contributed by atoms with van der Waals surface area (Å²) in [5, 5.41) is 14.4. The summed E-state index contributed by atoms with van der Waals surface area (Å²) in [6, 6.07) is 7.87. The third-order valence-electron chi connectivity index (χ3n) is 5.62. The Morgan fingerprint density at radius 1 is 1.36 bits per heavy atom. The molecule has 0 N–H and O–H groups in total. The first kappa shape index (κ1) is 16.9. The Balaban J connectivity index is 1.43. The van der Waals surface area contributed by atoms with Crippen LogP contribution in [0.25, 0.3) is 0 Å². The minimum absolute atomic E-state index is 0.412. The van der Waals surface area contributed by atoms with E-state index in [1.807, 2.05) is 30.5 Å². The van der Waals surface area contributed by atoms with Crippen LogP contribution in [0.15, 0.2) is 52.5 Å². The summed E-state index contributed by atoms with van der Waals surface area (Å²) in [5.41, 5.74) is 2.97. The zero-order valence-corrected chi connectivity index (χ0v) is 16.0. The van der Waals surface area contributed by atoms with Gasteiger partial charge in [-0.2, -0.15) is 9.78 Å². The lowest BCUT2D eigenvalue weighted by Crippen LogP contribution is -2.48. The van der Waals surface area contributed by atoms with Crippen molar-refractivity contribution >= 4 is 29.6 Å². The van der Waals surface area contributed by atoms with Crippen LogP contribution in [-0.2, 0) is 5.75 Å². The molecular weight excluding hydrogens is 352 g/mol. The second-order valence-corrected chi connectivity index (χ2v) is 8.74. The minimum atomic E-state index is 0.412. The highest BCUT2D eigenvalue weighted by Gasteiger charge is 2.50. The summed E-state index contributed by atoms with van der Waals surface area (Å²) >= 11 is 7.55. The summed E-state index contributed by atoms with van der Waals surface area (Å²) in [7, 11) is 0. The fraction of sp³-hybridized carbons (Fsp3) is 0.421. The molecule has 3 aliphatic carbocycles. The summed E-state index contributed by atoms with van der Waals surface area (Å²) < 4.78 is 1.76. The zero-order chi connectivity index (χ0) is 17.4. The molecule has 25 heavy (non-hydrogen) atoms. The molecule has 0 spiro atoms. The van der Waals surface area contributed by atoms with E-state index in [9.17, 15) is 0 Å². The van der Waals surface area contributed by atoms with Gasteiger partial charge in [0.2, 0.25) is 5.16 Å². The highest BCUT2D eigenvalue weighted by Crippen LogP contribution is 2.58. The number of benzene rings is 1. The summed E-state index contributed by atoms with van der Waals surface area (Å²) in [5.74, 6) is 2.29. The van der Waals surface area contributed by atoms with E-state index in [4.69, 9.17) is 11.6 Å². The normalized spacial score (nSPS) is 24.2. The number of rotatable bonds is 5. The molecule has 2 atom stereocenters. The van der Waals surface area contributed by atoms with Gasteiger partial charge < -0.3 is 0 Å². The minimum Gasteiger partial charge on any atom is -0.195 e. The third kappa shape index (κ3) is 3.27. The lowest BCUT2D eigenvalue weighted by molar-refractivity contribution is -0.00127. The molecule has 5 rings (SSSR count). The van der Waals surface area contributed by atoms with Crippen LogP contribution in [0.3, 0.4) is 0 Å². The second kappa shape index (κ2) is 6.61. The van der Waals surface area contributed by atoms with E-state index >= 15 is 0 Å². The number of halogens is 1. The van der Waals surface area contributed by atoms with Gasteiger partial charge in [-0.1, -0.05) is 55.4 Å². The second-order valence-electron chi connectivity index (χ2n) is 7.36. The Kier molecular flexibility index (Phi) is 4.46. The van der Waals surface area contributed by atoms with Gasteiger partial charge in [0.05, 0.1) is 6.21 Å². The maximum Gasteiger partial charge on any atom is 0.212 e. The molecule has 4 nitrogen and oxygen atoms in total. The highest BCUT2D eigenvalue weighted by atomic mass is 35.5. The predicted molar refractivity (Wildman–Crippen MR) is 103 cm³/mol. The SMILES string of the molecule is CC1(C)C2CC=C(/C=N/n3cnnc3SCc3ccc(Cl)cc3)C1C2. The van der Waals surface area contributed by atoms with Crippen molar-refractivity contribution in [3.05, 3.63) is 52.8 Å². The van der Waals surface area contributed by atoms with Gasteiger partial charge in [0.25, 0.3) is 0 Å². The highest BCUT2D eigenvalue weighted by molar-refractivity contribution is 7.98. The van der Waals surface area contributed by atoms with Crippen molar-refractivity contribution in [1.82, 2.24) is 14.9 Å². The first-order chi connectivity index (χ1) is 12.0. The van der Waals surface area contributed by atoms with E-state index in [-0.39, 0.29) is 0 Å². The molecule has 0 saturated heterocycles. The third-order valence-corrected chi connectivity index (χ3v) is 6.88. The van der Waals surface area contributed by atoms with Gasteiger partial charge in [0, 0.05) is 10.8 Å². The van der Waals surface area contributed by atoms with Crippen LogP contribution in [0, 0.1) is 17.3 Å². The van der Waals surface area contributed by atoms with Crippen molar-refractivity contribution in [2.24, 2.45) is 22.4 Å². The molecule has 1 fully saturated rings. The fourth-order valence-corrected chi connectivity index (χ4v) is 4.74. The Hall–Kier alpha value is -1.59. The van der Waals surface area contributed by atoms with Crippen LogP contribution in [0.5, 0.6) is 0 Å². The smallest absolute Gasteiger partial charge is 0.195 e. The van der Waals surface area contributed by atoms with Crippen LogP contribution in [0.1, 0.15) is 32.3 Å². The van der Waals surface area contributed by atoms with Gasteiger partial charge in [-0.15, -0.1) is 10.2 Å². The molecular formula is C19H21ClN4S. The maximum absolute atomic E-state index is 5.93. The summed E-state index contributed by atoms with van der Waals surface area (Å²) in [4.78, 5) is 0. The first-order valence-electron chi connectivity index (χ1n) is 8.55. The van der Waals surface area contributed by atoms with Crippen molar-refractivity contribution < 1.29 is 0 Å². The van der Waals surface area contributed by atoms with Gasteiger partial charge in [0.15, 0.2) is 0 Å². The van der Waals surface area contributed by atoms with E-state index in [2.05, 4.69) is 35.2 Å². The maximum atomic E-state index is 5.93. The first-order valence-corrected chi connectivity index (χ1v) is 9.92. The van der Waals surface area contributed by atoms with Gasteiger partial charge >= 0.3 is 0 Å². The lowest BCUT2D eigenvalue weighted by Gasteiger charge is -2.55. The van der Waals surface area contributed by atoms with E-state index in [0.717, 1.165) is 21.8 Å². The van der Waals surface area contributed by atoms with E-state index in [1.165, 1.54) is 24.0 Å². The average Bonchev–Trinajstić information content (AvgIpc) is 3.07. The fourth-order valence-electron chi connectivity index (χ4n) is 3.80. The summed E-state index contributed by atoms with van der Waals surface area (Å²) in [6.07, 6.45) is 8.48. The number of hydrogen-bond donors (Lipinski definition) is 0. The van der Waals surface area contributed by atoms with Crippen LogP contribution in [0.4, 0.5) is 0 Å². The molecule has 1 saturated carbocycles. The largest absolute Gasteiger partial charge is 0.212 e. The zero-order valence-electron chi connectivity index (χ0n) is 14.4. The molecule has 1 heterocycles. The van der Waals surface area contributed by atoms with Crippen LogP contribution >= 0.6 is 23.4 Å². The molecule has 6 heteroatoms. The molecule has 0 aliphatic heterocycles. The molecule has 0 amide bonds. The van der Waals surface area contributed by atoms with Crippen LogP contribution < -0.4 is 0 Å². The number of nitrogens with zero attached hydrogens (tertiary/aromatic N) is 4. The van der Waals surface area contributed by atoms with Crippen LogP contribution in [0.2, 0.25) is 5.02 Å². The number of thioether (sulfide) groups is 1. The van der Waals surface area contributed by atoms with E-state index in [1.54, 1.807) is 22.8 Å². The van der Waals surface area contributed by atoms with Crippen molar-refractivity contribution in [3.63, 3.8) is 0 Å². The number of hydrogen-bond acceptors (Lipinski definition) is 4. The predicted octanol–water partition coefficient (Wildman–Crippen LogP) is 5.05. The van der Waals surface area contributed by atoms with Crippen LogP contribution in [-0.4, -0.2) is 21.1 Å². The van der Waals surface area contributed by atoms with Crippen molar-refractivity contribution in [1.29, 1.82) is 0 Å². The quantitative estimate of drug-likeness (QED) is 0.544. The molecule has 2 bridgehead atoms. The monoisotopic (exact) mass is 372 g/mol. The Bertz CT molecular complexity index is 822. The Morgan fingerprint density at radius 2 is 2.16 bits per heavy atom.